The fourth-order valence-corrected chi connectivity index (χ4v) is 4.73. The van der Waals surface area contributed by atoms with Crippen LogP contribution in [0.3, 0.4) is 0 Å². The molecule has 0 spiro atoms. The van der Waals surface area contributed by atoms with E-state index in [1.54, 1.807) is 36.4 Å². The first-order chi connectivity index (χ1) is 18.3. The highest BCUT2D eigenvalue weighted by molar-refractivity contribution is 7.99. The van der Waals surface area contributed by atoms with E-state index in [-0.39, 0.29) is 28.3 Å². The van der Waals surface area contributed by atoms with E-state index >= 15 is 0 Å². The Hall–Kier alpha value is -4.64. The van der Waals surface area contributed by atoms with E-state index in [2.05, 4.69) is 15.4 Å². The third-order valence-electron chi connectivity index (χ3n) is 5.65. The zero-order valence-corrected chi connectivity index (χ0v) is 20.7. The van der Waals surface area contributed by atoms with Gasteiger partial charge in [-0.25, -0.2) is 18.3 Å². The summed E-state index contributed by atoms with van der Waals surface area (Å²) in [7, 11) is 0. The highest BCUT2D eigenvalue weighted by Crippen LogP contribution is 2.34. The SMILES string of the molecule is Cc1ccc(Sc2cc(NC(=O)c3cnn4c(C(F)F)cc(-c5ccccc5)nc34)cc([N+](=O)[O-])c2)cc1. The van der Waals surface area contributed by atoms with E-state index in [9.17, 15) is 23.7 Å². The number of aryl methyl sites for hydroxylation is 1. The summed E-state index contributed by atoms with van der Waals surface area (Å²) in [6, 6.07) is 21.9. The van der Waals surface area contributed by atoms with Crippen LogP contribution in [-0.4, -0.2) is 25.4 Å². The number of nitrogens with one attached hydrogen (secondary N) is 1. The standard InChI is InChI=1S/C27H19F2N5O3S/c1-16-7-9-20(10-8-16)38-21-12-18(11-19(13-21)34(36)37)31-27(35)22-15-30-33-24(25(28)29)14-23(32-26(22)33)17-5-3-2-4-6-17/h2-15,25H,1H3,(H,31,35). The summed E-state index contributed by atoms with van der Waals surface area (Å²) in [6.45, 7) is 1.96. The van der Waals surface area contributed by atoms with E-state index in [1.807, 2.05) is 31.2 Å². The number of aromatic nitrogens is 3. The first-order valence-corrected chi connectivity index (χ1v) is 12.2. The Balaban J connectivity index is 1.51. The second-order valence-electron chi connectivity index (χ2n) is 8.37. The summed E-state index contributed by atoms with van der Waals surface area (Å²) in [5, 5.41) is 18.2. The van der Waals surface area contributed by atoms with Gasteiger partial charge in [-0.1, -0.05) is 59.8 Å². The quantitative estimate of drug-likeness (QED) is 0.180. The van der Waals surface area contributed by atoms with Crippen molar-refractivity contribution in [3.8, 4) is 11.3 Å². The van der Waals surface area contributed by atoms with Crippen molar-refractivity contribution >= 4 is 34.7 Å². The summed E-state index contributed by atoms with van der Waals surface area (Å²) in [4.78, 5) is 30.1. The molecule has 5 aromatic rings. The maximum absolute atomic E-state index is 13.9. The molecule has 0 atom stereocenters. The molecule has 0 saturated heterocycles. The molecule has 5 rings (SSSR count). The number of hydrogen-bond acceptors (Lipinski definition) is 6. The van der Waals surface area contributed by atoms with E-state index < -0.39 is 22.9 Å². The molecule has 2 aromatic heterocycles. The molecule has 0 aliphatic rings. The van der Waals surface area contributed by atoms with Crippen LogP contribution in [0.25, 0.3) is 16.9 Å². The van der Waals surface area contributed by atoms with Gasteiger partial charge in [0.05, 0.1) is 16.8 Å². The lowest BCUT2D eigenvalue weighted by Gasteiger charge is -2.10. The highest BCUT2D eigenvalue weighted by atomic mass is 32.2. The number of benzene rings is 3. The van der Waals surface area contributed by atoms with Crippen molar-refractivity contribution in [3.63, 3.8) is 0 Å². The van der Waals surface area contributed by atoms with Gasteiger partial charge >= 0.3 is 0 Å². The predicted octanol–water partition coefficient (Wildman–Crippen LogP) is 6.95. The largest absolute Gasteiger partial charge is 0.322 e. The van der Waals surface area contributed by atoms with E-state index in [0.29, 0.717) is 10.5 Å². The van der Waals surface area contributed by atoms with Gasteiger partial charge in [-0.05, 0) is 31.2 Å². The molecule has 0 unspecified atom stereocenters. The van der Waals surface area contributed by atoms with Crippen LogP contribution < -0.4 is 5.32 Å². The number of alkyl halides is 2. The van der Waals surface area contributed by atoms with E-state index in [0.717, 1.165) is 21.2 Å². The number of amides is 1. The van der Waals surface area contributed by atoms with Gasteiger partial charge in [-0.15, -0.1) is 0 Å². The number of non-ortho nitro benzene ring substituents is 1. The van der Waals surface area contributed by atoms with Gasteiger partial charge in [-0.2, -0.15) is 5.10 Å². The van der Waals surface area contributed by atoms with Crippen LogP contribution in [0.1, 0.15) is 28.0 Å². The lowest BCUT2D eigenvalue weighted by atomic mass is 10.1. The number of anilines is 1. The fraction of sp³-hybridized carbons (Fsp3) is 0.0741. The van der Waals surface area contributed by atoms with Crippen LogP contribution >= 0.6 is 11.8 Å². The van der Waals surface area contributed by atoms with Gasteiger partial charge in [0.2, 0.25) is 0 Å². The number of carbonyl (C=O) groups excluding carboxylic acids is 1. The zero-order valence-electron chi connectivity index (χ0n) is 19.8. The number of hydrogen-bond donors (Lipinski definition) is 1. The summed E-state index contributed by atoms with van der Waals surface area (Å²) in [5.74, 6) is -0.690. The number of nitro benzene ring substituents is 1. The maximum atomic E-state index is 13.9. The van der Waals surface area contributed by atoms with Crippen molar-refractivity contribution in [1.29, 1.82) is 0 Å². The Morgan fingerprint density at radius 3 is 2.45 bits per heavy atom. The molecule has 0 aliphatic carbocycles. The fourth-order valence-electron chi connectivity index (χ4n) is 3.82. The molecule has 0 radical (unpaired) electrons. The Morgan fingerprint density at radius 2 is 1.76 bits per heavy atom. The summed E-state index contributed by atoms with van der Waals surface area (Å²) >= 11 is 1.31. The lowest BCUT2D eigenvalue weighted by Crippen LogP contribution is -2.13. The average Bonchev–Trinajstić information content (AvgIpc) is 3.34. The first-order valence-electron chi connectivity index (χ1n) is 11.4. The molecule has 0 bridgehead atoms. The molecule has 0 saturated carbocycles. The van der Waals surface area contributed by atoms with Crippen molar-refractivity contribution in [1.82, 2.24) is 14.6 Å². The van der Waals surface area contributed by atoms with Crippen molar-refractivity contribution in [3.05, 3.63) is 112 Å². The molecule has 38 heavy (non-hydrogen) atoms. The van der Waals surface area contributed by atoms with Crippen LogP contribution in [0, 0.1) is 17.0 Å². The molecular weight excluding hydrogens is 512 g/mol. The molecule has 1 N–H and O–H groups in total. The molecule has 3 aromatic carbocycles. The number of rotatable bonds is 7. The Labute approximate surface area is 219 Å². The lowest BCUT2D eigenvalue weighted by molar-refractivity contribution is -0.385. The molecule has 2 heterocycles. The predicted molar refractivity (Wildman–Crippen MR) is 140 cm³/mol. The molecule has 0 aliphatic heterocycles. The summed E-state index contributed by atoms with van der Waals surface area (Å²) < 4.78 is 28.6. The number of nitrogens with zero attached hydrogens (tertiary/aromatic N) is 4. The van der Waals surface area contributed by atoms with Crippen LogP contribution in [0.15, 0.2) is 94.9 Å². The number of nitro groups is 1. The number of fused-ring (bicyclic) bond motifs is 1. The van der Waals surface area contributed by atoms with Crippen molar-refractivity contribution in [2.45, 2.75) is 23.1 Å². The smallest absolute Gasteiger partial charge is 0.280 e. The third kappa shape index (κ3) is 5.23. The molecule has 1 amide bonds. The molecule has 11 heteroatoms. The molecule has 0 fully saturated rings. The van der Waals surface area contributed by atoms with Crippen LogP contribution in [-0.2, 0) is 0 Å². The van der Waals surface area contributed by atoms with Crippen LogP contribution in [0.2, 0.25) is 0 Å². The maximum Gasteiger partial charge on any atom is 0.280 e. The minimum atomic E-state index is -2.86. The topological polar surface area (TPSA) is 102 Å². The number of carbonyl (C=O) groups is 1. The molecular formula is C27H19F2N5O3S. The summed E-state index contributed by atoms with van der Waals surface area (Å²) in [6.07, 6.45) is -1.71. The van der Waals surface area contributed by atoms with E-state index in [4.69, 9.17) is 0 Å². The van der Waals surface area contributed by atoms with Gasteiger partial charge in [0, 0.05) is 33.2 Å². The Kier molecular flexibility index (Phi) is 6.84. The van der Waals surface area contributed by atoms with Crippen molar-refractivity contribution in [2.75, 3.05) is 5.32 Å². The van der Waals surface area contributed by atoms with Gasteiger partial charge in [0.25, 0.3) is 18.0 Å². The van der Waals surface area contributed by atoms with Crippen molar-refractivity contribution in [2.24, 2.45) is 0 Å². The average molecular weight is 532 g/mol. The van der Waals surface area contributed by atoms with Gasteiger partial charge in [0.15, 0.2) is 5.65 Å². The van der Waals surface area contributed by atoms with Crippen LogP contribution in [0.5, 0.6) is 0 Å². The third-order valence-corrected chi connectivity index (χ3v) is 6.63. The molecule has 190 valence electrons. The Bertz CT molecular complexity index is 1660. The van der Waals surface area contributed by atoms with Gasteiger partial charge < -0.3 is 5.32 Å². The van der Waals surface area contributed by atoms with Gasteiger partial charge in [-0.3, -0.25) is 14.9 Å². The molecule has 8 nitrogen and oxygen atoms in total. The monoisotopic (exact) mass is 531 g/mol. The van der Waals surface area contributed by atoms with E-state index in [1.165, 1.54) is 30.0 Å². The normalized spacial score (nSPS) is 11.2. The highest BCUT2D eigenvalue weighted by Gasteiger charge is 2.22. The van der Waals surface area contributed by atoms with Crippen LogP contribution in [0.4, 0.5) is 20.2 Å². The second kappa shape index (κ2) is 10.4. The van der Waals surface area contributed by atoms with Crippen molar-refractivity contribution < 1.29 is 18.5 Å². The van der Waals surface area contributed by atoms with Gasteiger partial charge in [0.1, 0.15) is 11.3 Å². The summed E-state index contributed by atoms with van der Waals surface area (Å²) in [5.41, 5.74) is 1.38. The number of halogens is 2. The zero-order chi connectivity index (χ0) is 26.8. The minimum Gasteiger partial charge on any atom is -0.322 e. The first kappa shape index (κ1) is 25.0. The second-order valence-corrected chi connectivity index (χ2v) is 9.52. The minimum absolute atomic E-state index is 0.0519. The Morgan fingerprint density at radius 1 is 1.03 bits per heavy atom.